The second-order valence-electron chi connectivity index (χ2n) is 6.47. The van der Waals surface area contributed by atoms with E-state index in [-0.39, 0.29) is 17.6 Å². The van der Waals surface area contributed by atoms with Crippen LogP contribution in [0, 0.1) is 25.6 Å². The Balaban J connectivity index is 1.41. The van der Waals surface area contributed by atoms with Crippen LogP contribution in [0.5, 0.6) is 0 Å². The lowest BCUT2D eigenvalue weighted by molar-refractivity contribution is -0.120. The third-order valence-corrected chi connectivity index (χ3v) is 5.74. The first-order valence-corrected chi connectivity index (χ1v) is 9.01. The molecule has 0 atom stereocenters. The first kappa shape index (κ1) is 16.0. The van der Waals surface area contributed by atoms with Crippen LogP contribution in [0.4, 0.5) is 15.2 Å². The Kier molecular flexibility index (Phi) is 3.92. The first-order chi connectivity index (χ1) is 12.0. The van der Waals surface area contributed by atoms with E-state index in [1.54, 1.807) is 6.07 Å². The lowest BCUT2D eigenvalue weighted by Crippen LogP contribution is -2.52. The van der Waals surface area contributed by atoms with Crippen molar-refractivity contribution >= 4 is 38.3 Å². The van der Waals surface area contributed by atoms with E-state index in [0.717, 1.165) is 21.1 Å². The minimum atomic E-state index is -0.301. The number of carbonyl (C=O) groups is 1. The van der Waals surface area contributed by atoms with Crippen LogP contribution in [-0.2, 0) is 4.79 Å². The van der Waals surface area contributed by atoms with E-state index in [0.29, 0.717) is 18.6 Å². The van der Waals surface area contributed by atoms with Crippen molar-refractivity contribution in [1.29, 1.82) is 0 Å². The number of nitrogens with zero attached hydrogens (tertiary/aromatic N) is 2. The average Bonchev–Trinajstić information content (AvgIpc) is 2.94. The van der Waals surface area contributed by atoms with Gasteiger partial charge in [0.05, 0.1) is 10.6 Å². The zero-order valence-corrected chi connectivity index (χ0v) is 14.9. The highest BCUT2D eigenvalue weighted by atomic mass is 32.1. The molecule has 0 aliphatic carbocycles. The summed E-state index contributed by atoms with van der Waals surface area (Å²) in [5.74, 6) is -0.352. The minimum absolute atomic E-state index is 0.0202. The molecule has 1 saturated heterocycles. The molecule has 128 valence electrons. The standard InChI is InChI=1S/C19H18FN3OS/c1-11-6-7-14(8-12(11)2)21-18(24)13-9-23(10-13)19-22-17-15(20)4-3-5-16(17)25-19/h3-8,13H,9-10H2,1-2H3,(H,21,24). The third kappa shape index (κ3) is 2.98. The van der Waals surface area contributed by atoms with Crippen molar-refractivity contribution in [2.45, 2.75) is 13.8 Å². The molecule has 2 aromatic carbocycles. The van der Waals surface area contributed by atoms with Gasteiger partial charge in [0, 0.05) is 18.8 Å². The summed E-state index contributed by atoms with van der Waals surface area (Å²) in [5, 5.41) is 3.75. The molecule has 0 bridgehead atoms. The van der Waals surface area contributed by atoms with Crippen LogP contribution in [-0.4, -0.2) is 24.0 Å². The van der Waals surface area contributed by atoms with Gasteiger partial charge in [0.1, 0.15) is 11.3 Å². The summed E-state index contributed by atoms with van der Waals surface area (Å²) in [5.41, 5.74) is 3.60. The van der Waals surface area contributed by atoms with Gasteiger partial charge in [-0.3, -0.25) is 4.79 Å². The van der Waals surface area contributed by atoms with Crippen LogP contribution in [0.2, 0.25) is 0 Å². The Morgan fingerprint density at radius 3 is 2.76 bits per heavy atom. The van der Waals surface area contributed by atoms with Gasteiger partial charge < -0.3 is 10.2 Å². The molecule has 4 nitrogen and oxygen atoms in total. The molecule has 0 saturated carbocycles. The lowest BCUT2D eigenvalue weighted by atomic mass is 10.00. The number of hydrogen-bond acceptors (Lipinski definition) is 4. The molecule has 1 aliphatic heterocycles. The van der Waals surface area contributed by atoms with E-state index in [9.17, 15) is 9.18 Å². The molecular weight excluding hydrogens is 337 g/mol. The largest absolute Gasteiger partial charge is 0.346 e. The summed E-state index contributed by atoms with van der Waals surface area (Å²) < 4.78 is 14.6. The monoisotopic (exact) mass is 355 g/mol. The molecule has 1 amide bonds. The first-order valence-electron chi connectivity index (χ1n) is 8.19. The Bertz CT molecular complexity index is 962. The van der Waals surface area contributed by atoms with E-state index >= 15 is 0 Å². The van der Waals surface area contributed by atoms with Crippen LogP contribution in [0.15, 0.2) is 36.4 Å². The molecule has 1 aromatic heterocycles. The average molecular weight is 355 g/mol. The van der Waals surface area contributed by atoms with Gasteiger partial charge in [-0.1, -0.05) is 23.5 Å². The normalized spacial score (nSPS) is 14.6. The van der Waals surface area contributed by atoms with Gasteiger partial charge in [-0.2, -0.15) is 0 Å². The summed E-state index contributed by atoms with van der Waals surface area (Å²) in [7, 11) is 0. The lowest BCUT2D eigenvalue weighted by Gasteiger charge is -2.37. The number of thiazole rings is 1. The predicted molar refractivity (Wildman–Crippen MR) is 99.8 cm³/mol. The number of carbonyl (C=O) groups excluding carboxylic acids is 1. The molecule has 0 radical (unpaired) electrons. The number of halogens is 1. The number of fused-ring (bicyclic) bond motifs is 1. The van der Waals surface area contributed by atoms with Crippen molar-refractivity contribution < 1.29 is 9.18 Å². The number of rotatable bonds is 3. The van der Waals surface area contributed by atoms with Crippen molar-refractivity contribution in [3.05, 3.63) is 53.3 Å². The van der Waals surface area contributed by atoms with Crippen LogP contribution in [0.25, 0.3) is 10.2 Å². The summed E-state index contributed by atoms with van der Waals surface area (Å²) in [4.78, 5) is 18.8. The Morgan fingerprint density at radius 1 is 1.24 bits per heavy atom. The smallest absolute Gasteiger partial charge is 0.231 e. The maximum Gasteiger partial charge on any atom is 0.231 e. The van der Waals surface area contributed by atoms with Crippen molar-refractivity contribution in [3.63, 3.8) is 0 Å². The maximum absolute atomic E-state index is 13.8. The molecule has 25 heavy (non-hydrogen) atoms. The Morgan fingerprint density at radius 2 is 2.04 bits per heavy atom. The fourth-order valence-electron chi connectivity index (χ4n) is 2.90. The highest BCUT2D eigenvalue weighted by molar-refractivity contribution is 7.22. The van der Waals surface area contributed by atoms with Gasteiger partial charge in [-0.15, -0.1) is 0 Å². The van der Waals surface area contributed by atoms with Gasteiger partial charge >= 0.3 is 0 Å². The van der Waals surface area contributed by atoms with Gasteiger partial charge in [0.25, 0.3) is 0 Å². The summed E-state index contributed by atoms with van der Waals surface area (Å²) >= 11 is 1.46. The molecule has 0 spiro atoms. The SMILES string of the molecule is Cc1ccc(NC(=O)C2CN(c3nc4c(F)cccc4s3)C2)cc1C. The Labute approximate surface area is 149 Å². The maximum atomic E-state index is 13.8. The van der Waals surface area contributed by atoms with Crippen LogP contribution in [0.1, 0.15) is 11.1 Å². The summed E-state index contributed by atoms with van der Waals surface area (Å²) in [6.45, 7) is 5.30. The van der Waals surface area contributed by atoms with Gasteiger partial charge in [-0.25, -0.2) is 9.37 Å². The molecule has 4 rings (SSSR count). The van der Waals surface area contributed by atoms with E-state index in [4.69, 9.17) is 0 Å². The highest BCUT2D eigenvalue weighted by Gasteiger charge is 2.34. The van der Waals surface area contributed by atoms with Crippen molar-refractivity contribution in [1.82, 2.24) is 4.98 Å². The van der Waals surface area contributed by atoms with Crippen LogP contribution >= 0.6 is 11.3 Å². The van der Waals surface area contributed by atoms with Gasteiger partial charge in [-0.05, 0) is 49.2 Å². The second kappa shape index (κ2) is 6.11. The predicted octanol–water partition coefficient (Wildman–Crippen LogP) is 4.13. The molecule has 3 aromatic rings. The number of amides is 1. The molecule has 2 heterocycles. The zero-order chi connectivity index (χ0) is 17.6. The van der Waals surface area contributed by atoms with Crippen LogP contribution < -0.4 is 10.2 Å². The molecule has 0 unspecified atom stereocenters. The molecule has 1 aliphatic rings. The van der Waals surface area contributed by atoms with E-state index in [2.05, 4.69) is 10.3 Å². The van der Waals surface area contributed by atoms with Crippen molar-refractivity contribution in [3.8, 4) is 0 Å². The molecule has 1 N–H and O–H groups in total. The molecule has 6 heteroatoms. The number of hydrogen-bond donors (Lipinski definition) is 1. The van der Waals surface area contributed by atoms with Gasteiger partial charge in [0.2, 0.25) is 5.91 Å². The van der Waals surface area contributed by atoms with Gasteiger partial charge in [0.15, 0.2) is 5.13 Å². The number of aryl methyl sites for hydroxylation is 2. The zero-order valence-electron chi connectivity index (χ0n) is 14.0. The van der Waals surface area contributed by atoms with E-state index in [1.807, 2.05) is 43.0 Å². The number of benzene rings is 2. The number of nitrogens with one attached hydrogen (secondary N) is 1. The van der Waals surface area contributed by atoms with E-state index < -0.39 is 0 Å². The quantitative estimate of drug-likeness (QED) is 0.768. The summed E-state index contributed by atoms with van der Waals surface area (Å²) in [6.07, 6.45) is 0. The third-order valence-electron chi connectivity index (χ3n) is 4.66. The molecule has 1 fully saturated rings. The molecular formula is C19H18FN3OS. The number of anilines is 2. The summed E-state index contributed by atoms with van der Waals surface area (Å²) in [6, 6.07) is 10.9. The fraction of sp³-hybridized carbons (Fsp3) is 0.263. The number of aromatic nitrogens is 1. The van der Waals surface area contributed by atoms with Crippen molar-refractivity contribution in [2.75, 3.05) is 23.3 Å². The van der Waals surface area contributed by atoms with Crippen LogP contribution in [0.3, 0.4) is 0 Å². The second-order valence-corrected chi connectivity index (χ2v) is 7.48. The fourth-order valence-corrected chi connectivity index (χ4v) is 3.90. The van der Waals surface area contributed by atoms with E-state index in [1.165, 1.54) is 23.0 Å². The minimum Gasteiger partial charge on any atom is -0.346 e. The van der Waals surface area contributed by atoms with Crippen molar-refractivity contribution in [2.24, 2.45) is 5.92 Å². The number of para-hydroxylation sites is 1. The Hall–Kier alpha value is -2.47. The highest BCUT2D eigenvalue weighted by Crippen LogP contribution is 2.34. The topological polar surface area (TPSA) is 45.2 Å².